The normalized spacial score (nSPS) is 18.3. The predicted octanol–water partition coefficient (Wildman–Crippen LogP) is 3.38. The van der Waals surface area contributed by atoms with Crippen molar-refractivity contribution in [2.45, 2.75) is 23.8 Å². The molecule has 2 aromatic carbocycles. The number of nitrogens with zero attached hydrogens (tertiary/aromatic N) is 3. The summed E-state index contributed by atoms with van der Waals surface area (Å²) in [5.74, 6) is 0.411. The molecule has 0 aromatic heterocycles. The van der Waals surface area contributed by atoms with Crippen molar-refractivity contribution in [2.75, 3.05) is 26.2 Å². The quantitative estimate of drug-likeness (QED) is 0.743. The van der Waals surface area contributed by atoms with E-state index in [-0.39, 0.29) is 48.7 Å². The minimum Gasteiger partial charge on any atom is -0.331 e. The molecule has 31 heavy (non-hydrogen) atoms. The average Bonchev–Trinajstić information content (AvgIpc) is 3.63. The first kappa shape index (κ1) is 21.6. The number of benzene rings is 2. The lowest BCUT2D eigenvalue weighted by Gasteiger charge is -2.35. The highest BCUT2D eigenvalue weighted by atomic mass is 35.5. The molecule has 2 aliphatic rings. The highest BCUT2D eigenvalue weighted by Gasteiger charge is 2.36. The van der Waals surface area contributed by atoms with Crippen LogP contribution >= 0.6 is 11.6 Å². The number of rotatable bonds is 5. The van der Waals surface area contributed by atoms with Crippen LogP contribution in [0.2, 0.25) is 5.02 Å². The molecule has 0 radical (unpaired) electrons. The molecule has 1 atom stereocenters. The number of carbonyl (C=O) groups is 1. The zero-order valence-electron chi connectivity index (χ0n) is 16.9. The van der Waals surface area contributed by atoms with Crippen LogP contribution in [0.4, 0.5) is 4.79 Å². The Kier molecular flexibility index (Phi) is 6.19. The molecule has 162 valence electrons. The van der Waals surface area contributed by atoms with E-state index >= 15 is 0 Å². The van der Waals surface area contributed by atoms with Gasteiger partial charge in [0.1, 0.15) is 6.07 Å². The summed E-state index contributed by atoms with van der Waals surface area (Å²) >= 11 is 5.99. The van der Waals surface area contributed by atoms with Crippen molar-refractivity contribution in [3.8, 4) is 6.07 Å². The van der Waals surface area contributed by atoms with E-state index in [1.807, 2.05) is 30.3 Å². The second-order valence-electron chi connectivity index (χ2n) is 7.82. The van der Waals surface area contributed by atoms with Crippen molar-refractivity contribution in [3.05, 3.63) is 64.7 Å². The third kappa shape index (κ3) is 4.69. The number of nitrogens with one attached hydrogen (secondary N) is 1. The van der Waals surface area contributed by atoms with Crippen molar-refractivity contribution >= 4 is 27.7 Å². The van der Waals surface area contributed by atoms with E-state index in [9.17, 15) is 18.5 Å². The summed E-state index contributed by atoms with van der Waals surface area (Å²) in [6, 6.07) is 15.4. The van der Waals surface area contributed by atoms with Gasteiger partial charge in [-0.15, -0.1) is 0 Å². The van der Waals surface area contributed by atoms with Gasteiger partial charge in [-0.1, -0.05) is 35.9 Å². The van der Waals surface area contributed by atoms with Crippen LogP contribution in [0.25, 0.3) is 0 Å². The van der Waals surface area contributed by atoms with Gasteiger partial charge >= 0.3 is 6.03 Å². The molecule has 0 unspecified atom stereocenters. The lowest BCUT2D eigenvalue weighted by Crippen LogP contribution is -2.53. The summed E-state index contributed by atoms with van der Waals surface area (Å²) in [6.07, 6.45) is 2.13. The number of hydrogen-bond donors (Lipinski definition) is 1. The van der Waals surface area contributed by atoms with Crippen molar-refractivity contribution in [2.24, 2.45) is 5.92 Å². The van der Waals surface area contributed by atoms with Crippen molar-refractivity contribution < 1.29 is 13.2 Å². The molecule has 9 heteroatoms. The van der Waals surface area contributed by atoms with E-state index in [1.165, 1.54) is 16.4 Å². The van der Waals surface area contributed by atoms with Crippen molar-refractivity contribution in [1.29, 1.82) is 5.26 Å². The van der Waals surface area contributed by atoms with E-state index in [0.717, 1.165) is 18.4 Å². The fourth-order valence-electron chi connectivity index (χ4n) is 3.85. The zero-order valence-corrected chi connectivity index (χ0v) is 18.4. The number of carbonyl (C=O) groups excluding carboxylic acids is 1. The maximum Gasteiger partial charge on any atom is 0.317 e. The Morgan fingerprint density at radius 1 is 1.06 bits per heavy atom. The van der Waals surface area contributed by atoms with Gasteiger partial charge in [0.15, 0.2) is 0 Å². The topological polar surface area (TPSA) is 93.5 Å². The number of amides is 2. The molecule has 1 N–H and O–H groups in total. The van der Waals surface area contributed by atoms with E-state index in [1.54, 1.807) is 17.0 Å². The molecule has 1 aliphatic heterocycles. The van der Waals surface area contributed by atoms with E-state index < -0.39 is 10.0 Å². The Morgan fingerprint density at radius 3 is 2.32 bits per heavy atom. The summed E-state index contributed by atoms with van der Waals surface area (Å²) < 4.78 is 27.3. The number of hydrogen-bond acceptors (Lipinski definition) is 4. The largest absolute Gasteiger partial charge is 0.331 e. The first-order valence-corrected chi connectivity index (χ1v) is 12.0. The van der Waals surface area contributed by atoms with Crippen LogP contribution in [0.5, 0.6) is 0 Å². The zero-order chi connectivity index (χ0) is 22.0. The Labute approximate surface area is 187 Å². The average molecular weight is 459 g/mol. The standard InChI is InChI=1S/C22H23ClN4O3S/c23-19-9-7-17(8-10-19)21(16-5-6-16)25-22(28)26-11-13-27(14-12-26)31(29,30)20-4-2-1-3-18(20)15-24/h1-4,7-10,16,21H,5-6,11-14H2,(H,25,28)/t21-/m0/s1. The van der Waals surface area contributed by atoms with Crippen LogP contribution in [-0.4, -0.2) is 49.8 Å². The molecule has 0 bridgehead atoms. The summed E-state index contributed by atoms with van der Waals surface area (Å²) in [5, 5.41) is 13.0. The number of urea groups is 1. The summed E-state index contributed by atoms with van der Waals surface area (Å²) in [5.41, 5.74) is 1.15. The van der Waals surface area contributed by atoms with Crippen molar-refractivity contribution in [1.82, 2.24) is 14.5 Å². The Balaban J connectivity index is 1.41. The lowest BCUT2D eigenvalue weighted by atomic mass is 10.0. The number of piperazine rings is 1. The maximum absolute atomic E-state index is 13.0. The van der Waals surface area contributed by atoms with Gasteiger partial charge in [0.25, 0.3) is 0 Å². The van der Waals surface area contributed by atoms with Crippen molar-refractivity contribution in [3.63, 3.8) is 0 Å². The number of sulfonamides is 1. The second-order valence-corrected chi connectivity index (χ2v) is 10.2. The molecular formula is C22H23ClN4O3S. The van der Waals surface area contributed by atoms with Crippen LogP contribution in [0.15, 0.2) is 53.4 Å². The Bertz CT molecular complexity index is 1100. The molecule has 1 saturated carbocycles. The molecule has 0 spiro atoms. The van der Waals surface area contributed by atoms with E-state index in [2.05, 4.69) is 5.32 Å². The molecule has 1 saturated heterocycles. The summed E-state index contributed by atoms with van der Waals surface area (Å²) in [6.45, 7) is 0.949. The first-order valence-electron chi connectivity index (χ1n) is 10.2. The molecular weight excluding hydrogens is 436 g/mol. The van der Waals surface area contributed by atoms with Crippen LogP contribution in [0.1, 0.15) is 30.0 Å². The minimum absolute atomic E-state index is 0.00642. The highest BCUT2D eigenvalue weighted by molar-refractivity contribution is 7.89. The fraction of sp³-hybridized carbons (Fsp3) is 0.364. The van der Waals surface area contributed by atoms with Gasteiger partial charge in [-0.2, -0.15) is 9.57 Å². The van der Waals surface area contributed by atoms with Gasteiger partial charge in [0, 0.05) is 31.2 Å². The van der Waals surface area contributed by atoms with E-state index in [4.69, 9.17) is 11.6 Å². The third-order valence-electron chi connectivity index (χ3n) is 5.75. The lowest BCUT2D eigenvalue weighted by molar-refractivity contribution is 0.167. The maximum atomic E-state index is 13.0. The van der Waals surface area contributed by atoms with Gasteiger partial charge in [0.2, 0.25) is 10.0 Å². The highest BCUT2D eigenvalue weighted by Crippen LogP contribution is 2.41. The number of halogens is 1. The fourth-order valence-corrected chi connectivity index (χ4v) is 5.54. The van der Waals surface area contributed by atoms with Crippen LogP contribution in [-0.2, 0) is 10.0 Å². The van der Waals surface area contributed by atoms with Gasteiger partial charge < -0.3 is 10.2 Å². The van der Waals surface area contributed by atoms with Gasteiger partial charge in [-0.25, -0.2) is 13.2 Å². The van der Waals surface area contributed by atoms with Gasteiger partial charge in [0.05, 0.1) is 16.5 Å². The number of nitriles is 1. The molecule has 2 amide bonds. The smallest absolute Gasteiger partial charge is 0.317 e. The molecule has 2 aromatic rings. The Hall–Kier alpha value is -2.60. The summed E-state index contributed by atoms with van der Waals surface area (Å²) in [7, 11) is -3.79. The Morgan fingerprint density at radius 2 is 1.71 bits per heavy atom. The van der Waals surface area contributed by atoms with E-state index in [0.29, 0.717) is 10.9 Å². The SMILES string of the molecule is N#Cc1ccccc1S(=O)(=O)N1CCN(C(=O)N[C@H](c2ccc(Cl)cc2)C2CC2)CC1. The summed E-state index contributed by atoms with van der Waals surface area (Å²) in [4.78, 5) is 14.5. The van der Waals surface area contributed by atoms with Crippen LogP contribution in [0, 0.1) is 17.2 Å². The minimum atomic E-state index is -3.79. The van der Waals surface area contributed by atoms with Crippen LogP contribution < -0.4 is 5.32 Å². The molecule has 1 aliphatic carbocycles. The van der Waals surface area contributed by atoms with Crippen LogP contribution in [0.3, 0.4) is 0 Å². The predicted molar refractivity (Wildman–Crippen MR) is 117 cm³/mol. The molecule has 1 heterocycles. The van der Waals surface area contributed by atoms with Gasteiger partial charge in [-0.05, 0) is 48.6 Å². The molecule has 7 nitrogen and oxygen atoms in total. The first-order chi connectivity index (χ1) is 14.9. The third-order valence-corrected chi connectivity index (χ3v) is 7.96. The second kappa shape index (κ2) is 8.87. The monoisotopic (exact) mass is 458 g/mol. The molecule has 4 rings (SSSR count). The van der Waals surface area contributed by atoms with Gasteiger partial charge in [-0.3, -0.25) is 0 Å². The molecule has 2 fully saturated rings.